The molecule has 1 aliphatic rings. The molecule has 1 amide bonds. The third-order valence-corrected chi connectivity index (χ3v) is 4.85. The average molecular weight is 369 g/mol. The number of amides is 1. The maximum absolute atomic E-state index is 12.6. The van der Waals surface area contributed by atoms with Crippen LogP contribution in [-0.4, -0.2) is 22.7 Å². The zero-order chi connectivity index (χ0) is 17.9. The molecule has 0 radical (unpaired) electrons. The third-order valence-electron chi connectivity index (χ3n) is 3.80. The number of nitrogens with one attached hydrogen (secondary N) is 1. The second-order valence-corrected chi connectivity index (χ2v) is 6.55. The van der Waals surface area contributed by atoms with Crippen molar-refractivity contribution >= 4 is 17.2 Å². The maximum Gasteiger partial charge on any atom is 0.258 e. The predicted octanol–water partition coefficient (Wildman–Crippen LogP) is 3.55. The molecule has 0 unspecified atom stereocenters. The van der Waals surface area contributed by atoms with Gasteiger partial charge in [-0.25, -0.2) is 9.97 Å². The van der Waals surface area contributed by atoms with Crippen LogP contribution in [0.15, 0.2) is 48.2 Å². The van der Waals surface area contributed by atoms with Crippen molar-refractivity contribution in [3.63, 3.8) is 0 Å². The normalized spacial score (nSPS) is 13.3. The first-order valence-corrected chi connectivity index (χ1v) is 8.80. The molecule has 8 heteroatoms. The molecule has 7 nitrogen and oxygen atoms in total. The molecule has 0 saturated carbocycles. The lowest BCUT2D eigenvalue weighted by molar-refractivity contribution is 0.0937. The van der Waals surface area contributed by atoms with Gasteiger partial charge in [-0.3, -0.25) is 4.79 Å². The fourth-order valence-corrected chi connectivity index (χ4v) is 3.23. The van der Waals surface area contributed by atoms with Gasteiger partial charge in [-0.1, -0.05) is 6.07 Å². The van der Waals surface area contributed by atoms with E-state index in [1.54, 1.807) is 29.5 Å². The third kappa shape index (κ3) is 3.31. The van der Waals surface area contributed by atoms with Crippen LogP contribution < -0.4 is 19.5 Å². The number of thiophene rings is 1. The average Bonchev–Trinajstić information content (AvgIpc) is 3.33. The summed E-state index contributed by atoms with van der Waals surface area (Å²) in [6, 6.07) is 8.97. The molecule has 0 fully saturated rings. The topological polar surface area (TPSA) is 82.6 Å². The van der Waals surface area contributed by atoms with Gasteiger partial charge in [-0.15, -0.1) is 11.3 Å². The molecule has 132 valence electrons. The Morgan fingerprint density at radius 3 is 3.04 bits per heavy atom. The zero-order valence-electron chi connectivity index (χ0n) is 13.8. The SMILES string of the molecule is C[C@H](NC(=O)c1cncnc1Oc1ccc2c(c1)OCO2)c1cccs1. The number of ether oxygens (including phenoxy) is 3. The van der Waals surface area contributed by atoms with Crippen LogP contribution in [0, 0.1) is 0 Å². The van der Waals surface area contributed by atoms with Crippen LogP contribution in [0.5, 0.6) is 23.1 Å². The monoisotopic (exact) mass is 369 g/mol. The molecule has 3 heterocycles. The lowest BCUT2D eigenvalue weighted by Crippen LogP contribution is -2.26. The first kappa shape index (κ1) is 16.3. The number of carbonyl (C=O) groups is 1. The van der Waals surface area contributed by atoms with Crippen molar-refractivity contribution in [2.75, 3.05) is 6.79 Å². The number of nitrogens with zero attached hydrogens (tertiary/aromatic N) is 2. The number of fused-ring (bicyclic) bond motifs is 1. The fourth-order valence-electron chi connectivity index (χ4n) is 2.49. The van der Waals surface area contributed by atoms with E-state index in [-0.39, 0.29) is 30.2 Å². The molecule has 0 bridgehead atoms. The standard InChI is InChI=1S/C18H15N3O4S/c1-11(16-3-2-6-26-16)21-17(22)13-8-19-9-20-18(13)25-12-4-5-14-15(7-12)24-10-23-14/h2-9,11H,10H2,1H3,(H,21,22)/t11-/m0/s1. The first-order chi connectivity index (χ1) is 12.7. The van der Waals surface area contributed by atoms with Gasteiger partial charge in [0.25, 0.3) is 5.91 Å². The predicted molar refractivity (Wildman–Crippen MR) is 94.9 cm³/mol. The van der Waals surface area contributed by atoms with E-state index in [4.69, 9.17) is 14.2 Å². The number of hydrogen-bond acceptors (Lipinski definition) is 7. The second-order valence-electron chi connectivity index (χ2n) is 5.57. The van der Waals surface area contributed by atoms with E-state index in [9.17, 15) is 4.79 Å². The Balaban J connectivity index is 1.54. The molecular weight excluding hydrogens is 354 g/mol. The van der Waals surface area contributed by atoms with E-state index in [1.807, 2.05) is 24.4 Å². The van der Waals surface area contributed by atoms with Gasteiger partial charge in [0.15, 0.2) is 11.5 Å². The Morgan fingerprint density at radius 2 is 2.19 bits per heavy atom. The van der Waals surface area contributed by atoms with Gasteiger partial charge in [-0.05, 0) is 30.5 Å². The summed E-state index contributed by atoms with van der Waals surface area (Å²) in [5, 5.41) is 4.90. The number of rotatable bonds is 5. The Kier molecular flexibility index (Phi) is 4.40. The summed E-state index contributed by atoms with van der Waals surface area (Å²) in [5.41, 5.74) is 0.258. The summed E-state index contributed by atoms with van der Waals surface area (Å²) < 4.78 is 16.4. The smallest absolute Gasteiger partial charge is 0.258 e. The van der Waals surface area contributed by atoms with Crippen LogP contribution >= 0.6 is 11.3 Å². The Bertz CT molecular complexity index is 930. The lowest BCUT2D eigenvalue weighted by atomic mass is 10.2. The van der Waals surface area contributed by atoms with Gasteiger partial charge in [-0.2, -0.15) is 0 Å². The minimum Gasteiger partial charge on any atom is -0.454 e. The number of aromatic nitrogens is 2. The zero-order valence-corrected chi connectivity index (χ0v) is 14.7. The van der Waals surface area contributed by atoms with E-state index in [0.717, 1.165) is 4.88 Å². The molecule has 1 aromatic carbocycles. The number of hydrogen-bond donors (Lipinski definition) is 1. The molecular formula is C18H15N3O4S. The van der Waals surface area contributed by atoms with Crippen molar-refractivity contribution in [1.29, 1.82) is 0 Å². The van der Waals surface area contributed by atoms with Crippen LogP contribution in [0.4, 0.5) is 0 Å². The number of benzene rings is 1. The molecule has 3 aromatic rings. The molecule has 4 rings (SSSR count). The molecule has 0 saturated heterocycles. The van der Waals surface area contributed by atoms with Gasteiger partial charge >= 0.3 is 0 Å². The molecule has 26 heavy (non-hydrogen) atoms. The second kappa shape index (κ2) is 7.01. The van der Waals surface area contributed by atoms with E-state index in [1.165, 1.54) is 12.5 Å². The van der Waals surface area contributed by atoms with Crippen LogP contribution in [0.25, 0.3) is 0 Å². The van der Waals surface area contributed by atoms with Crippen LogP contribution in [0.2, 0.25) is 0 Å². The molecule has 0 aliphatic carbocycles. The highest BCUT2D eigenvalue weighted by atomic mass is 32.1. The van der Waals surface area contributed by atoms with Crippen molar-refractivity contribution < 1.29 is 19.0 Å². The first-order valence-electron chi connectivity index (χ1n) is 7.92. The van der Waals surface area contributed by atoms with Crippen molar-refractivity contribution in [2.24, 2.45) is 0 Å². The molecule has 1 aliphatic heterocycles. The van der Waals surface area contributed by atoms with E-state index < -0.39 is 0 Å². The summed E-state index contributed by atoms with van der Waals surface area (Å²) in [6.45, 7) is 2.10. The minimum absolute atomic E-state index is 0.124. The van der Waals surface area contributed by atoms with Crippen molar-refractivity contribution in [3.8, 4) is 23.1 Å². The van der Waals surface area contributed by atoms with Crippen molar-refractivity contribution in [1.82, 2.24) is 15.3 Å². The Labute approximate surface area is 153 Å². The van der Waals surface area contributed by atoms with Gasteiger partial charge in [0, 0.05) is 17.1 Å². The highest BCUT2D eigenvalue weighted by Crippen LogP contribution is 2.36. The highest BCUT2D eigenvalue weighted by molar-refractivity contribution is 7.10. The Morgan fingerprint density at radius 1 is 1.31 bits per heavy atom. The van der Waals surface area contributed by atoms with Crippen LogP contribution in [0.3, 0.4) is 0 Å². The van der Waals surface area contributed by atoms with Gasteiger partial charge < -0.3 is 19.5 Å². The molecule has 1 atom stereocenters. The highest BCUT2D eigenvalue weighted by Gasteiger charge is 2.19. The summed E-state index contributed by atoms with van der Waals surface area (Å²) in [6.07, 6.45) is 2.77. The summed E-state index contributed by atoms with van der Waals surface area (Å²) in [5.74, 6) is 1.61. The van der Waals surface area contributed by atoms with E-state index in [2.05, 4.69) is 15.3 Å². The van der Waals surface area contributed by atoms with Gasteiger partial charge in [0.1, 0.15) is 17.6 Å². The minimum atomic E-state index is -0.303. The maximum atomic E-state index is 12.6. The molecule has 2 aromatic heterocycles. The summed E-state index contributed by atoms with van der Waals surface area (Å²) in [7, 11) is 0. The largest absolute Gasteiger partial charge is 0.454 e. The van der Waals surface area contributed by atoms with Crippen LogP contribution in [-0.2, 0) is 0 Å². The van der Waals surface area contributed by atoms with E-state index in [0.29, 0.717) is 17.2 Å². The fraction of sp³-hybridized carbons (Fsp3) is 0.167. The van der Waals surface area contributed by atoms with Crippen molar-refractivity contribution in [3.05, 3.63) is 58.7 Å². The summed E-state index contributed by atoms with van der Waals surface area (Å²) >= 11 is 1.58. The van der Waals surface area contributed by atoms with E-state index >= 15 is 0 Å². The Hall–Kier alpha value is -3.13. The molecule has 0 spiro atoms. The van der Waals surface area contributed by atoms with Crippen molar-refractivity contribution in [2.45, 2.75) is 13.0 Å². The van der Waals surface area contributed by atoms with Gasteiger partial charge in [0.2, 0.25) is 12.7 Å². The number of carbonyl (C=O) groups excluding carboxylic acids is 1. The quantitative estimate of drug-likeness (QED) is 0.741. The van der Waals surface area contributed by atoms with Crippen LogP contribution in [0.1, 0.15) is 28.2 Å². The lowest BCUT2D eigenvalue weighted by Gasteiger charge is -2.14. The van der Waals surface area contributed by atoms with Gasteiger partial charge in [0.05, 0.1) is 6.04 Å². The summed E-state index contributed by atoms with van der Waals surface area (Å²) in [4.78, 5) is 21.7. The molecule has 1 N–H and O–H groups in total.